The molecule has 3 aromatic rings. The van der Waals surface area contributed by atoms with Crippen LogP contribution in [0.3, 0.4) is 0 Å². The molecule has 1 N–H and O–H groups in total. The van der Waals surface area contributed by atoms with Gasteiger partial charge in [-0.15, -0.1) is 0 Å². The third-order valence-electron chi connectivity index (χ3n) is 6.23. The Morgan fingerprint density at radius 2 is 1.88 bits per heavy atom. The van der Waals surface area contributed by atoms with E-state index in [0.717, 1.165) is 27.9 Å². The number of aryl methyl sites for hydroxylation is 2. The van der Waals surface area contributed by atoms with Gasteiger partial charge in [-0.25, -0.2) is 0 Å². The number of anilines is 1. The van der Waals surface area contributed by atoms with Crippen LogP contribution in [0.4, 0.5) is 5.69 Å². The maximum atomic E-state index is 13.2. The highest BCUT2D eigenvalue weighted by molar-refractivity contribution is 8.26. The van der Waals surface area contributed by atoms with Crippen LogP contribution in [0.2, 0.25) is 0 Å². The summed E-state index contributed by atoms with van der Waals surface area (Å²) in [6.07, 6.45) is 1.78. The Kier molecular flexibility index (Phi) is 8.27. The molecular formula is C30H28N2O6S2. The van der Waals surface area contributed by atoms with Gasteiger partial charge in [0.1, 0.15) is 4.32 Å². The number of rotatable bonds is 9. The number of carbonyl (C=O) groups excluding carboxylic acids is 2. The number of fused-ring (bicyclic) bond motifs is 1. The Balaban J connectivity index is 1.25. The molecule has 0 atom stereocenters. The molecule has 8 nitrogen and oxygen atoms in total. The highest BCUT2D eigenvalue weighted by Gasteiger charge is 2.32. The molecule has 0 spiro atoms. The first kappa shape index (κ1) is 27.5. The molecule has 0 saturated carbocycles. The van der Waals surface area contributed by atoms with Crippen LogP contribution in [0, 0.1) is 13.8 Å². The number of hydrogen-bond acceptors (Lipinski definition) is 8. The fourth-order valence-corrected chi connectivity index (χ4v) is 5.55. The van der Waals surface area contributed by atoms with Crippen molar-refractivity contribution in [3.8, 4) is 23.0 Å². The van der Waals surface area contributed by atoms with Gasteiger partial charge in [-0.05, 0) is 73.9 Å². The number of hydrogen-bond donors (Lipinski definition) is 1. The lowest BCUT2D eigenvalue weighted by atomic mass is 10.1. The second-order valence-electron chi connectivity index (χ2n) is 9.25. The monoisotopic (exact) mass is 576 g/mol. The first-order chi connectivity index (χ1) is 19.3. The second-order valence-corrected chi connectivity index (χ2v) is 10.9. The zero-order valence-corrected chi connectivity index (χ0v) is 23.9. The molecule has 1 saturated heterocycles. The van der Waals surface area contributed by atoms with Crippen molar-refractivity contribution in [1.82, 2.24) is 4.90 Å². The van der Waals surface area contributed by atoms with Crippen LogP contribution in [-0.2, 0) is 16.1 Å². The van der Waals surface area contributed by atoms with Crippen molar-refractivity contribution in [2.45, 2.75) is 27.3 Å². The largest absolute Gasteiger partial charge is 0.490 e. The summed E-state index contributed by atoms with van der Waals surface area (Å²) in [6, 6.07) is 16.7. The smallest absolute Gasteiger partial charge is 0.266 e. The summed E-state index contributed by atoms with van der Waals surface area (Å²) in [5.74, 6) is 1.82. The van der Waals surface area contributed by atoms with Gasteiger partial charge in [0.15, 0.2) is 29.6 Å². The lowest BCUT2D eigenvalue weighted by Crippen LogP contribution is -2.27. The van der Waals surface area contributed by atoms with Gasteiger partial charge in [0.2, 0.25) is 6.79 Å². The molecule has 1 fully saturated rings. The first-order valence-electron chi connectivity index (χ1n) is 12.7. The molecule has 0 unspecified atom stereocenters. The van der Waals surface area contributed by atoms with Crippen molar-refractivity contribution in [2.24, 2.45) is 0 Å². The summed E-state index contributed by atoms with van der Waals surface area (Å²) in [6.45, 7) is 6.57. The van der Waals surface area contributed by atoms with Crippen LogP contribution in [0.5, 0.6) is 23.0 Å². The predicted octanol–water partition coefficient (Wildman–Crippen LogP) is 5.85. The topological polar surface area (TPSA) is 86.3 Å². The molecule has 2 heterocycles. The molecular weight excluding hydrogens is 548 g/mol. The van der Waals surface area contributed by atoms with Gasteiger partial charge < -0.3 is 24.3 Å². The highest BCUT2D eigenvalue weighted by Crippen LogP contribution is 2.37. The fourth-order valence-electron chi connectivity index (χ4n) is 4.29. The molecule has 3 aromatic carbocycles. The van der Waals surface area contributed by atoms with Crippen molar-refractivity contribution >= 4 is 51.9 Å². The Bertz CT molecular complexity index is 1520. The van der Waals surface area contributed by atoms with E-state index in [1.54, 1.807) is 23.1 Å². The zero-order valence-electron chi connectivity index (χ0n) is 22.3. The van der Waals surface area contributed by atoms with E-state index in [-0.39, 0.29) is 25.2 Å². The van der Waals surface area contributed by atoms with Gasteiger partial charge in [-0.2, -0.15) is 0 Å². The van der Waals surface area contributed by atoms with Crippen LogP contribution < -0.4 is 24.3 Å². The lowest BCUT2D eigenvalue weighted by Gasteiger charge is -2.15. The van der Waals surface area contributed by atoms with Crippen molar-refractivity contribution in [3.05, 3.63) is 81.8 Å². The normalized spacial score (nSPS) is 15.1. The summed E-state index contributed by atoms with van der Waals surface area (Å²) < 4.78 is 22.8. The van der Waals surface area contributed by atoms with Crippen molar-refractivity contribution < 1.29 is 28.5 Å². The summed E-state index contributed by atoms with van der Waals surface area (Å²) in [4.78, 5) is 27.8. The molecule has 2 aliphatic heterocycles. The number of thiocarbonyl (C=S) groups is 1. The lowest BCUT2D eigenvalue weighted by molar-refractivity contribution is -0.122. The van der Waals surface area contributed by atoms with E-state index in [1.807, 2.05) is 63.2 Å². The highest BCUT2D eigenvalue weighted by atomic mass is 32.2. The molecule has 5 rings (SSSR count). The van der Waals surface area contributed by atoms with Gasteiger partial charge in [-0.3, -0.25) is 14.5 Å². The Morgan fingerprint density at radius 1 is 1.05 bits per heavy atom. The fraction of sp³-hybridized carbons (Fsp3) is 0.233. The van der Waals surface area contributed by atoms with Crippen molar-refractivity contribution in [2.75, 3.05) is 25.3 Å². The van der Waals surface area contributed by atoms with Crippen LogP contribution >= 0.6 is 24.0 Å². The number of nitrogens with one attached hydrogen (secondary N) is 1. The van der Waals surface area contributed by atoms with Gasteiger partial charge in [0.05, 0.1) is 18.1 Å². The Morgan fingerprint density at radius 3 is 2.67 bits per heavy atom. The maximum Gasteiger partial charge on any atom is 0.266 e. The standard InChI is InChI=1S/C30H28N2O6S2/c1-4-35-25-12-20(6-9-23(25)36-16-28(33)31-22-8-5-18(2)11-19(22)3)14-27-29(34)32(30(39)40-27)15-21-7-10-24-26(13-21)38-17-37-24/h5-14H,4,15-17H2,1-3H3,(H,31,33)/b27-14-. The molecule has 40 heavy (non-hydrogen) atoms. The third-order valence-corrected chi connectivity index (χ3v) is 7.61. The van der Waals surface area contributed by atoms with Gasteiger partial charge in [0.25, 0.3) is 11.8 Å². The second kappa shape index (κ2) is 12.0. The van der Waals surface area contributed by atoms with E-state index in [0.29, 0.717) is 45.4 Å². The number of thioether (sulfide) groups is 1. The molecule has 0 aromatic heterocycles. The Hall–Kier alpha value is -4.02. The number of amides is 2. The average molecular weight is 577 g/mol. The van der Waals surface area contributed by atoms with Crippen LogP contribution in [0.1, 0.15) is 29.2 Å². The predicted molar refractivity (Wildman–Crippen MR) is 159 cm³/mol. The van der Waals surface area contributed by atoms with Crippen LogP contribution in [0.25, 0.3) is 6.08 Å². The van der Waals surface area contributed by atoms with Crippen LogP contribution in [0.15, 0.2) is 59.5 Å². The van der Waals surface area contributed by atoms with Gasteiger partial charge in [0, 0.05) is 5.69 Å². The molecule has 10 heteroatoms. The SMILES string of the molecule is CCOc1cc(/C=C2\SC(=S)N(Cc3ccc4c(c3)OCO4)C2=O)ccc1OCC(=O)Nc1ccc(C)cc1C. The third kappa shape index (κ3) is 6.24. The summed E-state index contributed by atoms with van der Waals surface area (Å²) in [5, 5.41) is 2.88. The summed E-state index contributed by atoms with van der Waals surface area (Å²) in [7, 11) is 0. The van der Waals surface area contributed by atoms with Crippen molar-refractivity contribution in [3.63, 3.8) is 0 Å². The molecule has 0 radical (unpaired) electrons. The first-order valence-corrected chi connectivity index (χ1v) is 13.9. The number of carbonyl (C=O) groups is 2. The molecule has 0 aliphatic carbocycles. The number of benzene rings is 3. The van der Waals surface area contributed by atoms with Crippen LogP contribution in [-0.4, -0.2) is 41.0 Å². The Labute approximate surface area is 242 Å². The minimum absolute atomic E-state index is 0.172. The molecule has 206 valence electrons. The minimum atomic E-state index is -0.274. The quantitative estimate of drug-likeness (QED) is 0.251. The summed E-state index contributed by atoms with van der Waals surface area (Å²) >= 11 is 6.76. The average Bonchev–Trinajstić information content (AvgIpc) is 3.49. The molecule has 0 bridgehead atoms. The van der Waals surface area contributed by atoms with E-state index < -0.39 is 0 Å². The van der Waals surface area contributed by atoms with E-state index in [2.05, 4.69) is 5.32 Å². The van der Waals surface area contributed by atoms with E-state index >= 15 is 0 Å². The maximum absolute atomic E-state index is 13.2. The van der Waals surface area contributed by atoms with Crippen molar-refractivity contribution in [1.29, 1.82) is 0 Å². The van der Waals surface area contributed by atoms with E-state index in [1.165, 1.54) is 11.8 Å². The van der Waals surface area contributed by atoms with E-state index in [9.17, 15) is 9.59 Å². The summed E-state index contributed by atoms with van der Waals surface area (Å²) in [5.41, 5.74) is 4.49. The minimum Gasteiger partial charge on any atom is -0.490 e. The number of nitrogens with zero attached hydrogens (tertiary/aromatic N) is 1. The zero-order chi connectivity index (χ0) is 28.2. The molecule has 2 amide bonds. The number of ether oxygens (including phenoxy) is 4. The van der Waals surface area contributed by atoms with Gasteiger partial charge >= 0.3 is 0 Å². The van der Waals surface area contributed by atoms with Gasteiger partial charge in [-0.1, -0.05) is 53.8 Å². The van der Waals surface area contributed by atoms with E-state index in [4.69, 9.17) is 31.2 Å². The molecule has 2 aliphatic rings.